The lowest BCUT2D eigenvalue weighted by Crippen LogP contribution is -2.37. The molecule has 1 aromatic rings. The predicted octanol–water partition coefficient (Wildman–Crippen LogP) is 3.54. The molecule has 3 rings (SSSR count). The van der Waals surface area contributed by atoms with E-state index in [0.717, 1.165) is 49.5 Å². The molecule has 3 nitrogen and oxygen atoms in total. The summed E-state index contributed by atoms with van der Waals surface area (Å²) in [4.78, 5) is 0. The zero-order valence-corrected chi connectivity index (χ0v) is 11.7. The maximum atomic E-state index is 6.12. The highest BCUT2D eigenvalue weighted by molar-refractivity contribution is 6.31. The van der Waals surface area contributed by atoms with Crippen LogP contribution >= 0.6 is 11.6 Å². The van der Waals surface area contributed by atoms with Gasteiger partial charge < -0.3 is 14.2 Å². The molecule has 0 amide bonds. The van der Waals surface area contributed by atoms with E-state index in [1.54, 1.807) is 0 Å². The quantitative estimate of drug-likeness (QED) is 0.849. The van der Waals surface area contributed by atoms with Gasteiger partial charge in [0.25, 0.3) is 0 Å². The first-order valence-electron chi connectivity index (χ1n) is 6.90. The van der Waals surface area contributed by atoms with Gasteiger partial charge in [-0.2, -0.15) is 0 Å². The van der Waals surface area contributed by atoms with E-state index in [1.807, 2.05) is 24.3 Å². The first-order valence-corrected chi connectivity index (χ1v) is 7.28. The Morgan fingerprint density at radius 2 is 1.84 bits per heavy atom. The fraction of sp³-hybridized carbons (Fsp3) is 0.600. The second kappa shape index (κ2) is 5.80. The number of hydrogen-bond donors (Lipinski definition) is 0. The zero-order chi connectivity index (χ0) is 13.1. The highest BCUT2D eigenvalue weighted by Crippen LogP contribution is 2.37. The van der Waals surface area contributed by atoms with Crippen LogP contribution in [-0.2, 0) is 20.8 Å². The van der Waals surface area contributed by atoms with Crippen molar-refractivity contribution in [2.75, 3.05) is 13.2 Å². The van der Waals surface area contributed by atoms with Crippen LogP contribution < -0.4 is 0 Å². The second-order valence-electron chi connectivity index (χ2n) is 5.21. The Labute approximate surface area is 118 Å². The summed E-state index contributed by atoms with van der Waals surface area (Å²) in [6.07, 6.45) is 4.13. The van der Waals surface area contributed by atoms with Crippen LogP contribution in [0.15, 0.2) is 24.3 Å². The van der Waals surface area contributed by atoms with E-state index in [9.17, 15) is 0 Å². The third kappa shape index (κ3) is 3.11. The molecule has 0 bridgehead atoms. The molecule has 1 aliphatic heterocycles. The zero-order valence-electron chi connectivity index (χ0n) is 10.9. The van der Waals surface area contributed by atoms with Crippen LogP contribution in [-0.4, -0.2) is 25.1 Å². The van der Waals surface area contributed by atoms with Crippen LogP contribution in [0.1, 0.15) is 31.2 Å². The summed E-state index contributed by atoms with van der Waals surface area (Å²) >= 11 is 6.12. The fourth-order valence-corrected chi connectivity index (χ4v) is 3.00. The van der Waals surface area contributed by atoms with E-state index in [1.165, 1.54) is 0 Å². The first-order chi connectivity index (χ1) is 9.27. The standard InChI is InChI=1S/C15H19ClO3/c16-14-4-2-1-3-12(14)11-17-13-5-7-15(8-6-13)18-9-10-19-15/h1-4,13H,5-11H2. The van der Waals surface area contributed by atoms with Crippen molar-refractivity contribution in [3.63, 3.8) is 0 Å². The summed E-state index contributed by atoms with van der Waals surface area (Å²) in [5.74, 6) is -0.301. The molecular formula is C15H19ClO3. The maximum absolute atomic E-state index is 6.12. The van der Waals surface area contributed by atoms with Crippen molar-refractivity contribution >= 4 is 11.6 Å². The highest BCUT2D eigenvalue weighted by atomic mass is 35.5. The molecule has 1 saturated heterocycles. The van der Waals surface area contributed by atoms with Crippen molar-refractivity contribution in [3.05, 3.63) is 34.9 Å². The Bertz CT molecular complexity index is 419. The number of benzene rings is 1. The monoisotopic (exact) mass is 282 g/mol. The molecule has 4 heteroatoms. The molecule has 0 unspecified atom stereocenters. The average Bonchev–Trinajstić information content (AvgIpc) is 2.88. The van der Waals surface area contributed by atoms with E-state index < -0.39 is 0 Å². The van der Waals surface area contributed by atoms with E-state index in [4.69, 9.17) is 25.8 Å². The van der Waals surface area contributed by atoms with Crippen molar-refractivity contribution in [1.82, 2.24) is 0 Å². The largest absolute Gasteiger partial charge is 0.373 e. The van der Waals surface area contributed by atoms with Gasteiger partial charge in [0.1, 0.15) is 0 Å². The van der Waals surface area contributed by atoms with Gasteiger partial charge >= 0.3 is 0 Å². The Balaban J connectivity index is 1.49. The van der Waals surface area contributed by atoms with Crippen molar-refractivity contribution in [1.29, 1.82) is 0 Å². The number of halogens is 1. The lowest BCUT2D eigenvalue weighted by atomic mass is 9.92. The van der Waals surface area contributed by atoms with Crippen LogP contribution in [0.25, 0.3) is 0 Å². The van der Waals surface area contributed by atoms with Gasteiger partial charge in [-0.15, -0.1) is 0 Å². The minimum atomic E-state index is -0.301. The lowest BCUT2D eigenvalue weighted by Gasteiger charge is -2.35. The van der Waals surface area contributed by atoms with Gasteiger partial charge in [0.15, 0.2) is 5.79 Å². The molecule has 104 valence electrons. The normalized spacial score (nSPS) is 23.0. The van der Waals surface area contributed by atoms with E-state index >= 15 is 0 Å². The average molecular weight is 283 g/mol. The van der Waals surface area contributed by atoms with E-state index in [0.29, 0.717) is 6.61 Å². The van der Waals surface area contributed by atoms with Gasteiger partial charge in [-0.3, -0.25) is 0 Å². The van der Waals surface area contributed by atoms with Gasteiger partial charge in [0.05, 0.1) is 25.9 Å². The summed E-state index contributed by atoms with van der Waals surface area (Å²) in [6, 6.07) is 7.83. The third-order valence-corrected chi connectivity index (χ3v) is 4.31. The smallest absolute Gasteiger partial charge is 0.168 e. The minimum Gasteiger partial charge on any atom is -0.373 e. The molecule has 1 aromatic carbocycles. The fourth-order valence-electron chi connectivity index (χ4n) is 2.81. The summed E-state index contributed by atoms with van der Waals surface area (Å²) in [5.41, 5.74) is 1.05. The molecule has 1 aliphatic carbocycles. The summed E-state index contributed by atoms with van der Waals surface area (Å²) in [7, 11) is 0. The summed E-state index contributed by atoms with van der Waals surface area (Å²) < 4.78 is 17.4. The van der Waals surface area contributed by atoms with Crippen molar-refractivity contribution in [2.24, 2.45) is 0 Å². The Morgan fingerprint density at radius 3 is 2.53 bits per heavy atom. The van der Waals surface area contributed by atoms with Crippen molar-refractivity contribution in [3.8, 4) is 0 Å². The second-order valence-corrected chi connectivity index (χ2v) is 5.62. The summed E-state index contributed by atoms with van der Waals surface area (Å²) in [5, 5.41) is 0.775. The Kier molecular flexibility index (Phi) is 4.08. The molecule has 0 N–H and O–H groups in total. The molecule has 1 saturated carbocycles. The SMILES string of the molecule is Clc1ccccc1COC1CCC2(CC1)OCCO2. The van der Waals surface area contributed by atoms with Gasteiger partial charge in [-0.25, -0.2) is 0 Å². The number of hydrogen-bond acceptors (Lipinski definition) is 3. The lowest BCUT2D eigenvalue weighted by molar-refractivity contribution is -0.192. The topological polar surface area (TPSA) is 27.7 Å². The molecule has 0 atom stereocenters. The summed E-state index contributed by atoms with van der Waals surface area (Å²) in [6.45, 7) is 2.04. The van der Waals surface area contributed by atoms with E-state index in [2.05, 4.69) is 0 Å². The minimum absolute atomic E-state index is 0.287. The van der Waals surface area contributed by atoms with Gasteiger partial charge in [-0.05, 0) is 24.5 Å². The van der Waals surface area contributed by atoms with Crippen LogP contribution in [0.2, 0.25) is 5.02 Å². The highest BCUT2D eigenvalue weighted by Gasteiger charge is 2.40. The molecule has 0 aromatic heterocycles. The molecule has 0 radical (unpaired) electrons. The Hall–Kier alpha value is -0.610. The van der Waals surface area contributed by atoms with Crippen molar-refractivity contribution < 1.29 is 14.2 Å². The van der Waals surface area contributed by atoms with Crippen LogP contribution in [0, 0.1) is 0 Å². The predicted molar refractivity (Wildman–Crippen MR) is 73.1 cm³/mol. The van der Waals surface area contributed by atoms with Gasteiger partial charge in [0, 0.05) is 17.9 Å². The van der Waals surface area contributed by atoms with Crippen molar-refractivity contribution in [2.45, 2.75) is 44.2 Å². The molecule has 1 heterocycles. The van der Waals surface area contributed by atoms with Gasteiger partial charge in [-0.1, -0.05) is 29.8 Å². The third-order valence-electron chi connectivity index (χ3n) is 3.94. The van der Waals surface area contributed by atoms with E-state index in [-0.39, 0.29) is 11.9 Å². The molecule has 1 spiro atoms. The Morgan fingerprint density at radius 1 is 1.16 bits per heavy atom. The first kappa shape index (κ1) is 13.4. The number of ether oxygens (including phenoxy) is 3. The molecular weight excluding hydrogens is 264 g/mol. The maximum Gasteiger partial charge on any atom is 0.168 e. The van der Waals surface area contributed by atoms with Crippen LogP contribution in [0.4, 0.5) is 0 Å². The molecule has 2 aliphatic rings. The van der Waals surface area contributed by atoms with Crippen LogP contribution in [0.5, 0.6) is 0 Å². The molecule has 2 fully saturated rings. The molecule has 19 heavy (non-hydrogen) atoms. The number of rotatable bonds is 3. The van der Waals surface area contributed by atoms with Crippen LogP contribution in [0.3, 0.4) is 0 Å². The van der Waals surface area contributed by atoms with Gasteiger partial charge in [0.2, 0.25) is 0 Å².